The molecule has 0 aliphatic carbocycles. The van der Waals surface area contributed by atoms with E-state index in [1.807, 2.05) is 57.4 Å². The maximum absolute atomic E-state index is 14.4. The number of amides is 3. The number of halogens is 2. The van der Waals surface area contributed by atoms with E-state index in [0.717, 1.165) is 28.9 Å². The highest BCUT2D eigenvalue weighted by Gasteiger charge is 2.45. The summed E-state index contributed by atoms with van der Waals surface area (Å²) >= 11 is 0. The number of para-hydroxylation sites is 1. The zero-order chi connectivity index (χ0) is 31.1. The van der Waals surface area contributed by atoms with Gasteiger partial charge in [-0.2, -0.15) is 10.2 Å². The molecule has 10 nitrogen and oxygen atoms in total. The highest BCUT2D eigenvalue weighted by atomic mass is 19.2. The Hall–Kier alpha value is -4.74. The molecule has 0 saturated carbocycles. The number of nitrogens with zero attached hydrogens (tertiary/aromatic N) is 5. The third kappa shape index (κ3) is 6.23. The number of urea groups is 1. The van der Waals surface area contributed by atoms with Crippen molar-refractivity contribution >= 4 is 17.9 Å². The van der Waals surface area contributed by atoms with E-state index >= 15 is 0 Å². The molecule has 0 spiro atoms. The fraction of sp³-hybridized carbons (Fsp3) is 0.355. The molecule has 1 aliphatic rings. The van der Waals surface area contributed by atoms with Gasteiger partial charge in [0.05, 0.1) is 24.0 Å². The van der Waals surface area contributed by atoms with Crippen molar-refractivity contribution in [1.29, 1.82) is 0 Å². The molecule has 0 bridgehead atoms. The topological polar surface area (TPSA) is 106 Å². The summed E-state index contributed by atoms with van der Waals surface area (Å²) in [5, 5.41) is 15.0. The monoisotopic (exact) mass is 591 g/mol. The van der Waals surface area contributed by atoms with Crippen molar-refractivity contribution in [3.8, 4) is 16.9 Å². The molecule has 226 valence electrons. The predicted octanol–water partition coefficient (Wildman–Crippen LogP) is 6.12. The molecule has 2 aromatic carbocycles. The lowest BCUT2D eigenvalue weighted by Gasteiger charge is -2.33. The first-order chi connectivity index (χ1) is 20.3. The lowest BCUT2D eigenvalue weighted by atomic mass is 9.99. The Morgan fingerprint density at radius 3 is 2.42 bits per heavy atom. The van der Waals surface area contributed by atoms with Crippen LogP contribution in [0.25, 0.3) is 16.9 Å². The normalized spacial score (nSPS) is 18.5. The van der Waals surface area contributed by atoms with Gasteiger partial charge in [0.25, 0.3) is 0 Å². The molecule has 1 fully saturated rings. The Balaban J connectivity index is 1.47. The van der Waals surface area contributed by atoms with E-state index in [4.69, 9.17) is 9.84 Å². The minimum atomic E-state index is -1.05. The quantitative estimate of drug-likeness (QED) is 0.291. The van der Waals surface area contributed by atoms with Crippen LogP contribution in [-0.4, -0.2) is 54.3 Å². The molecular formula is C31H35F2N7O3. The van der Waals surface area contributed by atoms with Crippen molar-refractivity contribution in [3.05, 3.63) is 83.7 Å². The Kier molecular flexibility index (Phi) is 7.96. The number of rotatable bonds is 5. The first-order valence-corrected chi connectivity index (χ1v) is 14.0. The van der Waals surface area contributed by atoms with Crippen LogP contribution < -0.4 is 10.6 Å². The van der Waals surface area contributed by atoms with Crippen LogP contribution in [0.15, 0.2) is 60.9 Å². The molecule has 0 unspecified atom stereocenters. The maximum atomic E-state index is 14.4. The van der Waals surface area contributed by atoms with E-state index in [-0.39, 0.29) is 6.04 Å². The van der Waals surface area contributed by atoms with Crippen molar-refractivity contribution in [2.24, 2.45) is 7.05 Å². The number of hydrogen-bond donors (Lipinski definition) is 2. The molecule has 5 rings (SSSR count). The first kappa shape index (κ1) is 29.7. The highest BCUT2D eigenvalue weighted by Crippen LogP contribution is 2.38. The number of carbonyl (C=O) groups excluding carboxylic acids is 2. The SMILES string of the molecule is Cc1c(-c2cnn(C)c2)nn(-c2ccccc2)c1NC(=O)N[C@@H]1C[C@@H](C)N(C(=O)OC(C)(C)C)[C@H]1c1ccc(F)c(F)c1. The summed E-state index contributed by atoms with van der Waals surface area (Å²) in [5.74, 6) is -1.60. The Bertz CT molecular complexity index is 1640. The Morgan fingerprint density at radius 1 is 1.07 bits per heavy atom. The van der Waals surface area contributed by atoms with Gasteiger partial charge >= 0.3 is 12.1 Å². The Labute approximate surface area is 248 Å². The van der Waals surface area contributed by atoms with E-state index in [2.05, 4.69) is 15.7 Å². The van der Waals surface area contributed by atoms with Gasteiger partial charge in [-0.05, 0) is 70.9 Å². The van der Waals surface area contributed by atoms with Gasteiger partial charge in [0.15, 0.2) is 11.6 Å². The smallest absolute Gasteiger partial charge is 0.411 e. The number of aromatic nitrogens is 4. The number of hydrogen-bond acceptors (Lipinski definition) is 5. The molecule has 2 aromatic heterocycles. The number of likely N-dealkylation sites (tertiary alicyclic amines) is 1. The second-order valence-corrected chi connectivity index (χ2v) is 11.8. The molecule has 1 aliphatic heterocycles. The van der Waals surface area contributed by atoms with Crippen LogP contribution in [-0.2, 0) is 11.8 Å². The van der Waals surface area contributed by atoms with Crippen molar-refractivity contribution in [3.63, 3.8) is 0 Å². The summed E-state index contributed by atoms with van der Waals surface area (Å²) in [4.78, 5) is 28.4. The summed E-state index contributed by atoms with van der Waals surface area (Å²) in [6.45, 7) is 8.93. The van der Waals surface area contributed by atoms with Gasteiger partial charge in [0.2, 0.25) is 0 Å². The average molecular weight is 592 g/mol. The minimum absolute atomic E-state index is 0.337. The van der Waals surface area contributed by atoms with Gasteiger partial charge in [-0.25, -0.2) is 23.1 Å². The zero-order valence-corrected chi connectivity index (χ0v) is 24.9. The largest absolute Gasteiger partial charge is 0.444 e. The number of aryl methyl sites for hydroxylation is 1. The van der Waals surface area contributed by atoms with E-state index in [9.17, 15) is 18.4 Å². The number of carbonyl (C=O) groups is 2. The number of benzene rings is 2. The second-order valence-electron chi connectivity index (χ2n) is 11.8. The second kappa shape index (κ2) is 11.5. The van der Waals surface area contributed by atoms with Crippen molar-refractivity contribution in [1.82, 2.24) is 29.8 Å². The third-order valence-electron chi connectivity index (χ3n) is 7.29. The van der Waals surface area contributed by atoms with Crippen LogP contribution in [0.3, 0.4) is 0 Å². The van der Waals surface area contributed by atoms with E-state index in [0.29, 0.717) is 23.5 Å². The van der Waals surface area contributed by atoms with E-state index < -0.39 is 41.4 Å². The standard InChI is InChI=1S/C31H35F2N7O3/c1-18-14-25(27(20-12-13-23(32)24(33)15-20)39(18)30(42)43-31(3,4)5)35-29(41)36-28-19(2)26(21-16-34-38(6)17-21)37-40(28)22-10-8-7-9-11-22/h7-13,15-18,25,27H,14H2,1-6H3,(H2,35,36,41)/t18-,25-,27+/m1/s1. The summed E-state index contributed by atoms with van der Waals surface area (Å²) in [5.41, 5.74) is 2.45. The summed E-state index contributed by atoms with van der Waals surface area (Å²) in [7, 11) is 1.81. The molecule has 0 radical (unpaired) electrons. The summed E-state index contributed by atoms with van der Waals surface area (Å²) < 4.78 is 37.2. The van der Waals surface area contributed by atoms with Crippen molar-refractivity contribution in [2.75, 3.05) is 5.32 Å². The molecule has 43 heavy (non-hydrogen) atoms. The molecule has 3 atom stereocenters. The molecule has 4 aromatic rings. The van der Waals surface area contributed by atoms with Gasteiger partial charge in [0, 0.05) is 30.4 Å². The molecule has 2 N–H and O–H groups in total. The van der Waals surface area contributed by atoms with Crippen molar-refractivity contribution in [2.45, 2.75) is 64.8 Å². The van der Waals surface area contributed by atoms with E-state index in [1.165, 1.54) is 11.0 Å². The molecule has 1 saturated heterocycles. The first-order valence-electron chi connectivity index (χ1n) is 14.0. The van der Waals surface area contributed by atoms with Crippen LogP contribution in [0.5, 0.6) is 0 Å². The van der Waals surface area contributed by atoms with Crippen molar-refractivity contribution < 1.29 is 23.1 Å². The van der Waals surface area contributed by atoms with E-state index in [1.54, 1.807) is 36.3 Å². The highest BCUT2D eigenvalue weighted by molar-refractivity contribution is 5.91. The van der Waals surface area contributed by atoms with Gasteiger partial charge in [-0.1, -0.05) is 24.3 Å². The number of ether oxygens (including phenoxy) is 1. The molecule has 12 heteroatoms. The van der Waals surface area contributed by atoms with Crippen LogP contribution >= 0.6 is 0 Å². The van der Waals surface area contributed by atoms with Gasteiger partial charge in [0.1, 0.15) is 17.1 Å². The number of anilines is 1. The summed E-state index contributed by atoms with van der Waals surface area (Å²) in [6, 6.07) is 10.5. The average Bonchev–Trinajstić information content (AvgIpc) is 3.60. The lowest BCUT2D eigenvalue weighted by Crippen LogP contribution is -2.45. The predicted molar refractivity (Wildman–Crippen MR) is 158 cm³/mol. The Morgan fingerprint density at radius 2 is 1.79 bits per heavy atom. The zero-order valence-electron chi connectivity index (χ0n) is 24.9. The van der Waals surface area contributed by atoms with Crippen LogP contribution in [0.2, 0.25) is 0 Å². The molecular weight excluding hydrogens is 556 g/mol. The minimum Gasteiger partial charge on any atom is -0.444 e. The fourth-order valence-electron chi connectivity index (χ4n) is 5.44. The van der Waals surface area contributed by atoms with Gasteiger partial charge in [-0.15, -0.1) is 0 Å². The third-order valence-corrected chi connectivity index (χ3v) is 7.29. The lowest BCUT2D eigenvalue weighted by molar-refractivity contribution is 0.0149. The van der Waals surface area contributed by atoms with Gasteiger partial charge in [-0.3, -0.25) is 14.9 Å². The van der Waals surface area contributed by atoms with Crippen LogP contribution in [0, 0.1) is 18.6 Å². The molecule has 3 heterocycles. The van der Waals surface area contributed by atoms with Crippen LogP contribution in [0.4, 0.5) is 24.2 Å². The number of nitrogens with one attached hydrogen (secondary N) is 2. The van der Waals surface area contributed by atoms with Crippen LogP contribution in [0.1, 0.15) is 51.3 Å². The molecule has 3 amide bonds. The van der Waals surface area contributed by atoms with Gasteiger partial charge < -0.3 is 10.1 Å². The maximum Gasteiger partial charge on any atom is 0.411 e. The summed E-state index contributed by atoms with van der Waals surface area (Å²) in [6.07, 6.45) is 3.28. The fourth-order valence-corrected chi connectivity index (χ4v) is 5.44.